The Kier molecular flexibility index (Phi) is 7.88. The van der Waals surface area contributed by atoms with E-state index in [-0.39, 0.29) is 18.4 Å². The summed E-state index contributed by atoms with van der Waals surface area (Å²) >= 11 is 6.89. The van der Waals surface area contributed by atoms with Crippen molar-refractivity contribution in [3.05, 3.63) is 98.9 Å². The molecule has 0 saturated heterocycles. The normalized spacial score (nSPS) is 10.7. The fourth-order valence-corrected chi connectivity index (χ4v) is 5.48. The number of rotatable bonds is 7. The van der Waals surface area contributed by atoms with Crippen molar-refractivity contribution in [2.75, 3.05) is 23.4 Å². The summed E-state index contributed by atoms with van der Waals surface area (Å²) in [6.07, 6.45) is 0. The van der Waals surface area contributed by atoms with E-state index in [2.05, 4.69) is 37.2 Å². The monoisotopic (exact) mass is 594 g/mol. The first-order valence-corrected chi connectivity index (χ1v) is 12.7. The Morgan fingerprint density at radius 1 is 0.943 bits per heavy atom. The van der Waals surface area contributed by atoms with Gasteiger partial charge in [-0.25, -0.2) is 0 Å². The number of benzene rings is 4. The summed E-state index contributed by atoms with van der Waals surface area (Å²) in [5.41, 5.74) is 2.92. The number of hydrogen-bond donors (Lipinski definition) is 1. The third-order valence-electron chi connectivity index (χ3n) is 5.58. The molecule has 0 saturated carbocycles. The lowest BCUT2D eigenvalue weighted by atomic mass is 10.1. The van der Waals surface area contributed by atoms with Gasteiger partial charge >= 0.3 is 0 Å². The maximum atomic E-state index is 13.3. The molecule has 0 radical (unpaired) electrons. The number of halogens is 2. The van der Waals surface area contributed by atoms with Gasteiger partial charge in [0.05, 0.1) is 10.2 Å². The molecule has 0 spiro atoms. The summed E-state index contributed by atoms with van der Waals surface area (Å²) in [6, 6.07) is 24.7. The molecule has 1 N–H and O–H groups in total. The Bertz CT molecular complexity index is 1360. The number of ether oxygens (including phenoxy) is 1. The molecule has 0 aliphatic carbocycles. The molecule has 178 valence electrons. The number of nitrogens with one attached hydrogen (secondary N) is 1. The van der Waals surface area contributed by atoms with Crippen LogP contribution >= 0.6 is 31.9 Å². The smallest absolute Gasteiger partial charge is 0.262 e. The molecule has 7 heteroatoms. The largest absolute Gasteiger partial charge is 0.482 e. The van der Waals surface area contributed by atoms with Gasteiger partial charge in [0.1, 0.15) is 5.75 Å². The van der Waals surface area contributed by atoms with Crippen molar-refractivity contribution in [3.63, 3.8) is 0 Å². The van der Waals surface area contributed by atoms with Crippen LogP contribution in [0.4, 0.5) is 11.4 Å². The van der Waals surface area contributed by atoms with Gasteiger partial charge in [0.25, 0.3) is 11.8 Å². The first kappa shape index (κ1) is 24.9. The molecule has 0 fully saturated rings. The zero-order chi connectivity index (χ0) is 24.9. The van der Waals surface area contributed by atoms with Gasteiger partial charge in [-0.1, -0.05) is 52.3 Å². The maximum Gasteiger partial charge on any atom is 0.262 e. The second-order valence-electron chi connectivity index (χ2n) is 8.00. The quantitative estimate of drug-likeness (QED) is 0.243. The Morgan fingerprint density at radius 2 is 1.66 bits per heavy atom. The maximum absolute atomic E-state index is 13.3. The van der Waals surface area contributed by atoms with Gasteiger partial charge in [-0.05, 0) is 83.2 Å². The highest BCUT2D eigenvalue weighted by Crippen LogP contribution is 2.32. The summed E-state index contributed by atoms with van der Waals surface area (Å²) in [4.78, 5) is 27.5. The van der Waals surface area contributed by atoms with Crippen LogP contribution in [-0.4, -0.2) is 25.0 Å². The Morgan fingerprint density at radius 3 is 2.37 bits per heavy atom. The van der Waals surface area contributed by atoms with E-state index < -0.39 is 0 Å². The van der Waals surface area contributed by atoms with E-state index in [1.807, 2.05) is 68.4 Å². The van der Waals surface area contributed by atoms with Crippen molar-refractivity contribution in [1.29, 1.82) is 0 Å². The number of anilines is 2. The van der Waals surface area contributed by atoms with Gasteiger partial charge < -0.3 is 15.0 Å². The number of hydrogen-bond acceptors (Lipinski definition) is 3. The molecule has 0 bridgehead atoms. The van der Waals surface area contributed by atoms with E-state index in [0.717, 1.165) is 31.0 Å². The van der Waals surface area contributed by atoms with Crippen LogP contribution in [0.15, 0.2) is 87.8 Å². The van der Waals surface area contributed by atoms with Gasteiger partial charge in [0, 0.05) is 27.7 Å². The summed E-state index contributed by atoms with van der Waals surface area (Å²) in [7, 11) is 0. The minimum absolute atomic E-state index is 0.0966. The molecule has 0 aromatic heterocycles. The van der Waals surface area contributed by atoms with Crippen LogP contribution in [0.1, 0.15) is 22.8 Å². The summed E-state index contributed by atoms with van der Waals surface area (Å²) in [5.74, 6) is 0.238. The van der Waals surface area contributed by atoms with Crippen molar-refractivity contribution < 1.29 is 14.3 Å². The first-order valence-electron chi connectivity index (χ1n) is 11.2. The summed E-state index contributed by atoms with van der Waals surface area (Å²) in [6.45, 7) is 4.27. The van der Waals surface area contributed by atoms with Crippen LogP contribution in [0.5, 0.6) is 5.75 Å². The number of nitrogens with zero attached hydrogens (tertiary/aromatic N) is 1. The van der Waals surface area contributed by atoms with Crippen LogP contribution < -0.4 is 15.0 Å². The molecule has 4 rings (SSSR count). The van der Waals surface area contributed by atoms with Gasteiger partial charge in [-0.2, -0.15) is 0 Å². The van der Waals surface area contributed by atoms with Crippen molar-refractivity contribution in [2.24, 2.45) is 0 Å². The third-order valence-corrected chi connectivity index (χ3v) is 6.62. The van der Waals surface area contributed by atoms with Crippen LogP contribution in [0, 0.1) is 6.92 Å². The Labute approximate surface area is 221 Å². The molecular formula is C28H24Br2N2O3. The summed E-state index contributed by atoms with van der Waals surface area (Å²) < 4.78 is 7.40. The van der Waals surface area contributed by atoms with E-state index >= 15 is 0 Å². The molecule has 0 aliphatic heterocycles. The van der Waals surface area contributed by atoms with Gasteiger partial charge in [-0.3, -0.25) is 9.59 Å². The molecule has 0 heterocycles. The lowest BCUT2D eigenvalue weighted by molar-refractivity contribution is -0.118. The average Bonchev–Trinajstić information content (AvgIpc) is 2.84. The van der Waals surface area contributed by atoms with E-state index in [4.69, 9.17) is 4.74 Å². The molecule has 5 nitrogen and oxygen atoms in total. The number of fused-ring (bicyclic) bond motifs is 1. The third kappa shape index (κ3) is 5.74. The molecule has 2 amide bonds. The number of carbonyl (C=O) groups excluding carboxylic acids is 2. The molecule has 0 aliphatic rings. The molecule has 35 heavy (non-hydrogen) atoms. The Hall–Kier alpha value is -3.16. The lowest BCUT2D eigenvalue weighted by Crippen LogP contribution is -2.30. The minimum Gasteiger partial charge on any atom is -0.482 e. The zero-order valence-electron chi connectivity index (χ0n) is 19.3. The van der Waals surface area contributed by atoms with E-state index in [1.165, 1.54) is 0 Å². The lowest BCUT2D eigenvalue weighted by Gasteiger charge is -2.23. The fourth-order valence-electron chi connectivity index (χ4n) is 3.93. The molecule has 4 aromatic carbocycles. The molecule has 0 atom stereocenters. The van der Waals surface area contributed by atoms with Crippen LogP contribution in [0.2, 0.25) is 0 Å². The van der Waals surface area contributed by atoms with Crippen LogP contribution in [0.25, 0.3) is 10.8 Å². The molecular weight excluding hydrogens is 572 g/mol. The highest BCUT2D eigenvalue weighted by molar-refractivity contribution is 9.11. The number of carbonyl (C=O) groups is 2. The van der Waals surface area contributed by atoms with Crippen molar-refractivity contribution in [1.82, 2.24) is 0 Å². The SMILES string of the molecule is CCN(C(=O)c1ccc(NC(=O)COc2c(C)cc(Br)cc2Br)cc1)c1cccc2ccccc12. The van der Waals surface area contributed by atoms with Crippen LogP contribution in [-0.2, 0) is 4.79 Å². The predicted octanol–water partition coefficient (Wildman–Crippen LogP) is 7.36. The second kappa shape index (κ2) is 11.1. The van der Waals surface area contributed by atoms with Crippen molar-refractivity contribution in [2.45, 2.75) is 13.8 Å². The van der Waals surface area contributed by atoms with Crippen molar-refractivity contribution in [3.8, 4) is 5.75 Å². The van der Waals surface area contributed by atoms with Gasteiger partial charge in [-0.15, -0.1) is 0 Å². The number of aryl methyl sites for hydroxylation is 1. The summed E-state index contributed by atoms with van der Waals surface area (Å²) in [5, 5.41) is 4.93. The van der Waals surface area contributed by atoms with Crippen LogP contribution in [0.3, 0.4) is 0 Å². The molecule has 0 unspecified atom stereocenters. The van der Waals surface area contributed by atoms with Crippen molar-refractivity contribution >= 4 is 65.8 Å². The fraction of sp³-hybridized carbons (Fsp3) is 0.143. The van der Waals surface area contributed by atoms with Gasteiger partial charge in [0.15, 0.2) is 6.61 Å². The second-order valence-corrected chi connectivity index (χ2v) is 9.77. The standard InChI is InChI=1S/C28H24Br2N2O3/c1-3-32(25-10-6-8-19-7-4-5-9-23(19)25)28(34)20-11-13-22(14-12-20)31-26(33)17-35-27-18(2)15-21(29)16-24(27)30/h4-16H,3,17H2,1-2H3,(H,31,33). The Balaban J connectivity index is 1.43. The van der Waals surface area contributed by atoms with E-state index in [0.29, 0.717) is 23.5 Å². The highest BCUT2D eigenvalue weighted by Gasteiger charge is 2.18. The zero-order valence-corrected chi connectivity index (χ0v) is 22.5. The predicted molar refractivity (Wildman–Crippen MR) is 148 cm³/mol. The minimum atomic E-state index is -0.288. The highest BCUT2D eigenvalue weighted by atomic mass is 79.9. The average molecular weight is 596 g/mol. The van der Waals surface area contributed by atoms with E-state index in [9.17, 15) is 9.59 Å². The van der Waals surface area contributed by atoms with Gasteiger partial charge in [0.2, 0.25) is 0 Å². The first-order chi connectivity index (χ1) is 16.9. The molecule has 4 aromatic rings. The number of amides is 2. The van der Waals surface area contributed by atoms with E-state index in [1.54, 1.807) is 29.2 Å². The topological polar surface area (TPSA) is 58.6 Å².